The Balaban J connectivity index is 0.000000606. The first-order chi connectivity index (χ1) is 7.59. The summed E-state index contributed by atoms with van der Waals surface area (Å²) in [7, 11) is 1.78. The fraction of sp³-hybridized carbons (Fsp3) is 0.357. The van der Waals surface area contributed by atoms with Gasteiger partial charge < -0.3 is 4.57 Å². The van der Waals surface area contributed by atoms with E-state index in [2.05, 4.69) is 0 Å². The fourth-order valence-corrected chi connectivity index (χ4v) is 1.86. The second-order valence-electron chi connectivity index (χ2n) is 3.78. The van der Waals surface area contributed by atoms with Crippen molar-refractivity contribution in [2.45, 2.75) is 27.7 Å². The zero-order valence-electron chi connectivity index (χ0n) is 10.7. The lowest BCUT2D eigenvalue weighted by molar-refractivity contribution is 0.872. The van der Waals surface area contributed by atoms with Gasteiger partial charge in [-0.05, 0) is 30.9 Å². The number of hydrogen-bond acceptors (Lipinski definition) is 1. The van der Waals surface area contributed by atoms with Gasteiger partial charge in [-0.15, -0.1) is 0 Å². The summed E-state index contributed by atoms with van der Waals surface area (Å²) in [6.07, 6.45) is 1.81. The van der Waals surface area contributed by atoms with Crippen LogP contribution in [0, 0.1) is 13.8 Å². The van der Waals surface area contributed by atoms with Gasteiger partial charge in [0.05, 0.1) is 5.39 Å². The first-order valence-electron chi connectivity index (χ1n) is 5.66. The van der Waals surface area contributed by atoms with Crippen LogP contribution < -0.4 is 5.56 Å². The highest BCUT2D eigenvalue weighted by Crippen LogP contribution is 2.16. The van der Waals surface area contributed by atoms with Crippen LogP contribution in [-0.2, 0) is 7.05 Å². The normalized spacial score (nSPS) is 9.81. The van der Waals surface area contributed by atoms with Crippen molar-refractivity contribution in [1.29, 1.82) is 0 Å². The number of aromatic nitrogens is 1. The second kappa shape index (κ2) is 4.97. The Morgan fingerprint density at radius 1 is 1.12 bits per heavy atom. The van der Waals surface area contributed by atoms with Crippen LogP contribution in [-0.4, -0.2) is 4.57 Å². The molecule has 0 saturated heterocycles. The minimum absolute atomic E-state index is 0.0833. The van der Waals surface area contributed by atoms with Crippen LogP contribution in [0.3, 0.4) is 0 Å². The van der Waals surface area contributed by atoms with Crippen LogP contribution in [0.25, 0.3) is 10.8 Å². The lowest BCUT2D eigenvalue weighted by Gasteiger charge is -2.05. The summed E-state index contributed by atoms with van der Waals surface area (Å²) >= 11 is 0. The molecule has 2 heteroatoms. The van der Waals surface area contributed by atoms with Gasteiger partial charge in [0.15, 0.2) is 0 Å². The van der Waals surface area contributed by atoms with E-state index in [4.69, 9.17) is 0 Å². The lowest BCUT2D eigenvalue weighted by atomic mass is 10.0. The molecule has 0 radical (unpaired) electrons. The van der Waals surface area contributed by atoms with Crippen LogP contribution in [0.1, 0.15) is 25.0 Å². The van der Waals surface area contributed by atoms with Crippen molar-refractivity contribution in [2.75, 3.05) is 0 Å². The highest BCUT2D eigenvalue weighted by atomic mass is 16.1. The third kappa shape index (κ3) is 2.16. The minimum Gasteiger partial charge on any atom is -0.318 e. The molecule has 2 aromatic rings. The molecule has 0 atom stereocenters. The first-order valence-corrected chi connectivity index (χ1v) is 5.66. The Labute approximate surface area is 96.5 Å². The molecule has 1 aromatic heterocycles. The predicted octanol–water partition coefficient (Wildman–Crippen LogP) is 3.18. The molecule has 1 heterocycles. The predicted molar refractivity (Wildman–Crippen MR) is 70.0 cm³/mol. The number of benzene rings is 1. The second-order valence-corrected chi connectivity index (χ2v) is 3.78. The Morgan fingerprint density at radius 2 is 1.75 bits per heavy atom. The summed E-state index contributed by atoms with van der Waals surface area (Å²) in [6, 6.07) is 6.07. The molecule has 1 aromatic carbocycles. The minimum atomic E-state index is 0.0833. The number of aryl methyl sites for hydroxylation is 3. The molecule has 0 saturated carbocycles. The van der Waals surface area contributed by atoms with Gasteiger partial charge in [0.2, 0.25) is 0 Å². The number of fused-ring (bicyclic) bond motifs is 1. The van der Waals surface area contributed by atoms with Crippen LogP contribution in [0.5, 0.6) is 0 Å². The van der Waals surface area contributed by atoms with E-state index >= 15 is 0 Å². The Morgan fingerprint density at radius 3 is 2.38 bits per heavy atom. The molecule has 0 aliphatic heterocycles. The largest absolute Gasteiger partial charge is 0.318 e. The van der Waals surface area contributed by atoms with Crippen molar-refractivity contribution >= 4 is 10.8 Å². The molecule has 0 unspecified atom stereocenters. The van der Waals surface area contributed by atoms with Gasteiger partial charge in [-0.3, -0.25) is 4.79 Å². The zero-order chi connectivity index (χ0) is 12.3. The van der Waals surface area contributed by atoms with E-state index in [0.29, 0.717) is 0 Å². The summed E-state index contributed by atoms with van der Waals surface area (Å²) in [5, 5.41) is 1.87. The third-order valence-electron chi connectivity index (χ3n) is 2.52. The van der Waals surface area contributed by atoms with E-state index in [-0.39, 0.29) is 5.56 Å². The monoisotopic (exact) mass is 217 g/mol. The molecular weight excluding hydrogens is 198 g/mol. The van der Waals surface area contributed by atoms with Gasteiger partial charge >= 0.3 is 0 Å². The Hall–Kier alpha value is -1.57. The maximum absolute atomic E-state index is 11.8. The molecular formula is C14H19NO. The summed E-state index contributed by atoms with van der Waals surface area (Å²) in [5.41, 5.74) is 2.34. The number of hydrogen-bond donors (Lipinski definition) is 0. The van der Waals surface area contributed by atoms with E-state index in [9.17, 15) is 4.79 Å². The Bertz CT molecular complexity index is 552. The van der Waals surface area contributed by atoms with Crippen molar-refractivity contribution in [2.24, 2.45) is 7.05 Å². The quantitative estimate of drug-likeness (QED) is 0.664. The summed E-state index contributed by atoms with van der Waals surface area (Å²) in [5.74, 6) is 0. The first kappa shape index (κ1) is 12.5. The van der Waals surface area contributed by atoms with Crippen molar-refractivity contribution in [3.8, 4) is 0 Å². The molecule has 2 nitrogen and oxygen atoms in total. The molecule has 2 rings (SSSR count). The maximum atomic E-state index is 11.8. The fourth-order valence-electron chi connectivity index (χ4n) is 1.86. The molecule has 0 amide bonds. The van der Waals surface area contributed by atoms with Gasteiger partial charge in [0.1, 0.15) is 0 Å². The van der Waals surface area contributed by atoms with E-state index in [1.54, 1.807) is 11.6 Å². The van der Waals surface area contributed by atoms with Gasteiger partial charge in [-0.1, -0.05) is 31.5 Å². The van der Waals surface area contributed by atoms with Crippen molar-refractivity contribution < 1.29 is 0 Å². The molecule has 0 aliphatic rings. The van der Waals surface area contributed by atoms with Crippen LogP contribution >= 0.6 is 0 Å². The molecule has 0 aliphatic carbocycles. The molecule has 0 bridgehead atoms. The number of nitrogens with zero attached hydrogens (tertiary/aromatic N) is 1. The average Bonchev–Trinajstić information content (AvgIpc) is 2.26. The third-order valence-corrected chi connectivity index (χ3v) is 2.52. The zero-order valence-corrected chi connectivity index (χ0v) is 10.7. The molecule has 16 heavy (non-hydrogen) atoms. The van der Waals surface area contributed by atoms with E-state index in [1.165, 1.54) is 5.56 Å². The van der Waals surface area contributed by atoms with Crippen molar-refractivity contribution in [3.05, 3.63) is 45.9 Å². The smallest absolute Gasteiger partial charge is 0.258 e. The van der Waals surface area contributed by atoms with Crippen LogP contribution in [0.15, 0.2) is 29.2 Å². The highest BCUT2D eigenvalue weighted by Gasteiger charge is 2.03. The van der Waals surface area contributed by atoms with Crippen LogP contribution in [0.4, 0.5) is 0 Å². The van der Waals surface area contributed by atoms with Gasteiger partial charge in [-0.2, -0.15) is 0 Å². The van der Waals surface area contributed by atoms with Crippen LogP contribution in [0.2, 0.25) is 0 Å². The van der Waals surface area contributed by atoms with E-state index < -0.39 is 0 Å². The maximum Gasteiger partial charge on any atom is 0.258 e. The molecule has 0 fully saturated rings. The average molecular weight is 217 g/mol. The molecule has 86 valence electrons. The summed E-state index contributed by atoms with van der Waals surface area (Å²) < 4.78 is 1.62. The van der Waals surface area contributed by atoms with Gasteiger partial charge in [-0.25, -0.2) is 0 Å². The highest BCUT2D eigenvalue weighted by molar-refractivity contribution is 5.85. The Kier molecular flexibility index (Phi) is 3.88. The van der Waals surface area contributed by atoms with Gasteiger partial charge in [0.25, 0.3) is 5.56 Å². The number of rotatable bonds is 0. The standard InChI is InChI=1S/C12H13NO.C2H6/c1-8-6-9(2)11-10(7-8)4-5-13(3)12(11)14;1-2/h4-7H,1-3H3;1-2H3. The van der Waals surface area contributed by atoms with Crippen molar-refractivity contribution in [3.63, 3.8) is 0 Å². The number of pyridine rings is 1. The topological polar surface area (TPSA) is 22.0 Å². The molecule has 0 spiro atoms. The van der Waals surface area contributed by atoms with E-state index in [0.717, 1.165) is 16.3 Å². The lowest BCUT2D eigenvalue weighted by Crippen LogP contribution is -2.16. The molecule has 0 N–H and O–H groups in total. The SMILES string of the molecule is CC.Cc1cc(C)c2c(=O)n(C)ccc2c1. The summed E-state index contributed by atoms with van der Waals surface area (Å²) in [4.78, 5) is 11.8. The van der Waals surface area contributed by atoms with Gasteiger partial charge in [0, 0.05) is 13.2 Å². The van der Waals surface area contributed by atoms with E-state index in [1.807, 2.05) is 52.1 Å². The van der Waals surface area contributed by atoms with Crippen molar-refractivity contribution in [1.82, 2.24) is 4.57 Å². The summed E-state index contributed by atoms with van der Waals surface area (Å²) in [6.45, 7) is 8.03.